The molecule has 0 aliphatic carbocycles. The van der Waals surface area contributed by atoms with Crippen molar-refractivity contribution >= 4 is 28.1 Å². The molecule has 1 aromatic carbocycles. The molecule has 3 heterocycles. The van der Waals surface area contributed by atoms with Crippen LogP contribution in [0.4, 0.5) is 24.0 Å². The Bertz CT molecular complexity index is 1300. The molecule has 0 bridgehead atoms. The van der Waals surface area contributed by atoms with Gasteiger partial charge < -0.3 is 15.1 Å². The van der Waals surface area contributed by atoms with Crippen molar-refractivity contribution in [2.45, 2.75) is 33.0 Å². The summed E-state index contributed by atoms with van der Waals surface area (Å²) >= 11 is 1.40. The van der Waals surface area contributed by atoms with Gasteiger partial charge in [0.2, 0.25) is 0 Å². The Balaban J connectivity index is 1.79. The molecule has 176 valence electrons. The quantitative estimate of drug-likeness (QED) is 0.305. The van der Waals surface area contributed by atoms with Crippen LogP contribution in [0.25, 0.3) is 0 Å². The number of anilines is 2. The van der Waals surface area contributed by atoms with E-state index in [1.807, 2.05) is 32.9 Å². The second-order valence-electron chi connectivity index (χ2n) is 7.82. The van der Waals surface area contributed by atoms with Crippen LogP contribution >= 0.6 is 11.3 Å². The van der Waals surface area contributed by atoms with Crippen LogP contribution < -0.4 is 10.6 Å². The molecular formula is C25H22F3N3O2S. The number of halogens is 3. The number of aryl methyl sites for hydroxylation is 2. The van der Waals surface area contributed by atoms with Gasteiger partial charge in [0.15, 0.2) is 5.76 Å². The van der Waals surface area contributed by atoms with Crippen LogP contribution in [0.2, 0.25) is 0 Å². The number of pyridine rings is 1. The van der Waals surface area contributed by atoms with Gasteiger partial charge in [-0.05, 0) is 68.3 Å². The normalized spacial score (nSPS) is 12.4. The second-order valence-corrected chi connectivity index (χ2v) is 9.04. The highest BCUT2D eigenvalue weighted by Crippen LogP contribution is 2.41. The fraction of sp³-hybridized carbons (Fsp3) is 0.200. The molecule has 0 fully saturated rings. The van der Waals surface area contributed by atoms with Crippen LogP contribution in [-0.2, 0) is 6.18 Å². The third kappa shape index (κ3) is 4.99. The van der Waals surface area contributed by atoms with Gasteiger partial charge in [-0.2, -0.15) is 13.2 Å². The molecule has 3 aromatic heterocycles. The first-order valence-corrected chi connectivity index (χ1v) is 11.3. The Kier molecular flexibility index (Phi) is 6.47. The van der Waals surface area contributed by atoms with E-state index in [4.69, 9.17) is 4.42 Å². The molecule has 2 N–H and O–H groups in total. The second kappa shape index (κ2) is 9.34. The van der Waals surface area contributed by atoms with E-state index in [2.05, 4.69) is 15.6 Å². The smallest absolute Gasteiger partial charge is 0.416 e. The zero-order valence-electron chi connectivity index (χ0n) is 18.7. The first-order valence-electron chi connectivity index (χ1n) is 10.5. The van der Waals surface area contributed by atoms with Gasteiger partial charge in [0.25, 0.3) is 5.91 Å². The fourth-order valence-electron chi connectivity index (χ4n) is 3.62. The Morgan fingerprint density at radius 2 is 1.76 bits per heavy atom. The minimum absolute atomic E-state index is 0.161. The molecule has 0 radical (unpaired) electrons. The predicted octanol–water partition coefficient (Wildman–Crippen LogP) is 7.13. The van der Waals surface area contributed by atoms with Gasteiger partial charge in [-0.15, -0.1) is 11.3 Å². The maximum absolute atomic E-state index is 13.2. The molecule has 4 aromatic rings. The Labute approximate surface area is 198 Å². The number of carbonyl (C=O) groups is 1. The topological polar surface area (TPSA) is 67.2 Å². The van der Waals surface area contributed by atoms with Crippen LogP contribution in [0.1, 0.15) is 49.4 Å². The monoisotopic (exact) mass is 485 g/mol. The third-order valence-corrected chi connectivity index (χ3v) is 6.58. The molecule has 5 nitrogen and oxygen atoms in total. The Hall–Kier alpha value is -3.59. The van der Waals surface area contributed by atoms with Gasteiger partial charge in [0, 0.05) is 16.1 Å². The molecule has 0 saturated heterocycles. The van der Waals surface area contributed by atoms with E-state index in [-0.39, 0.29) is 5.76 Å². The lowest BCUT2D eigenvalue weighted by atomic mass is 9.95. The van der Waals surface area contributed by atoms with E-state index in [0.717, 1.165) is 33.8 Å². The molecule has 9 heteroatoms. The lowest BCUT2D eigenvalue weighted by Crippen LogP contribution is -2.18. The molecule has 1 amide bonds. The average Bonchev–Trinajstić information content (AvgIpc) is 3.41. The molecule has 0 saturated carbocycles. The van der Waals surface area contributed by atoms with Crippen molar-refractivity contribution in [1.82, 2.24) is 4.98 Å². The van der Waals surface area contributed by atoms with Gasteiger partial charge in [-0.1, -0.05) is 18.2 Å². The van der Waals surface area contributed by atoms with Crippen LogP contribution in [-0.4, -0.2) is 10.9 Å². The van der Waals surface area contributed by atoms with E-state index in [9.17, 15) is 18.0 Å². The summed E-state index contributed by atoms with van der Waals surface area (Å²) in [4.78, 5) is 18.2. The highest BCUT2D eigenvalue weighted by atomic mass is 32.1. The summed E-state index contributed by atoms with van der Waals surface area (Å²) in [5.74, 6) is 0.317. The van der Waals surface area contributed by atoms with Crippen molar-refractivity contribution < 1.29 is 22.4 Å². The van der Waals surface area contributed by atoms with Crippen LogP contribution in [0, 0.1) is 20.8 Å². The molecule has 0 aliphatic heterocycles. The number of hydrogen-bond acceptors (Lipinski definition) is 5. The first kappa shape index (κ1) is 23.6. The lowest BCUT2D eigenvalue weighted by molar-refractivity contribution is -0.137. The van der Waals surface area contributed by atoms with Gasteiger partial charge in [-0.3, -0.25) is 4.79 Å². The SMILES string of the molecule is Cc1cccc(NC(c2ccc(C(F)(F)F)cc2)c2c(NC(=O)c3ccco3)sc(C)c2C)n1. The molecule has 4 rings (SSSR count). The van der Waals surface area contributed by atoms with E-state index in [1.165, 1.54) is 29.7 Å². The maximum atomic E-state index is 13.2. The average molecular weight is 486 g/mol. The molecule has 1 atom stereocenters. The van der Waals surface area contributed by atoms with Gasteiger partial charge in [0.1, 0.15) is 10.8 Å². The lowest BCUT2D eigenvalue weighted by Gasteiger charge is -2.23. The number of nitrogens with zero attached hydrogens (tertiary/aromatic N) is 1. The van der Waals surface area contributed by atoms with Crippen LogP contribution in [0.15, 0.2) is 65.3 Å². The van der Waals surface area contributed by atoms with E-state index in [1.54, 1.807) is 18.2 Å². The summed E-state index contributed by atoms with van der Waals surface area (Å²) in [5, 5.41) is 6.84. The zero-order valence-corrected chi connectivity index (χ0v) is 19.5. The fourth-order valence-corrected chi connectivity index (χ4v) is 4.71. The number of furan rings is 1. The predicted molar refractivity (Wildman–Crippen MR) is 126 cm³/mol. The van der Waals surface area contributed by atoms with Gasteiger partial charge in [-0.25, -0.2) is 4.98 Å². The van der Waals surface area contributed by atoms with Crippen molar-refractivity contribution in [2.75, 3.05) is 10.6 Å². The summed E-state index contributed by atoms with van der Waals surface area (Å²) in [6.07, 6.45) is -3.02. The highest BCUT2D eigenvalue weighted by molar-refractivity contribution is 7.16. The van der Waals surface area contributed by atoms with Crippen LogP contribution in [0.5, 0.6) is 0 Å². The standard InChI is InChI=1S/C25H22F3N3O2S/c1-14-6-4-8-20(29-14)30-22(17-9-11-18(12-10-17)25(26,27)28)21-15(2)16(3)34-24(21)31-23(32)19-7-5-13-33-19/h4-13,22H,1-3H3,(H,29,30)(H,31,32). The van der Waals surface area contributed by atoms with E-state index < -0.39 is 23.7 Å². The van der Waals surface area contributed by atoms with Crippen molar-refractivity contribution in [2.24, 2.45) is 0 Å². The summed E-state index contributed by atoms with van der Waals surface area (Å²) in [7, 11) is 0. The molecule has 0 aliphatic rings. The van der Waals surface area contributed by atoms with Crippen molar-refractivity contribution in [3.63, 3.8) is 0 Å². The van der Waals surface area contributed by atoms with Crippen LogP contribution in [0.3, 0.4) is 0 Å². The maximum Gasteiger partial charge on any atom is 0.416 e. The molecule has 34 heavy (non-hydrogen) atoms. The summed E-state index contributed by atoms with van der Waals surface area (Å²) in [5.41, 5.74) is 2.34. The Morgan fingerprint density at radius 1 is 1.03 bits per heavy atom. The summed E-state index contributed by atoms with van der Waals surface area (Å²) < 4.78 is 44.7. The molecule has 0 spiro atoms. The largest absolute Gasteiger partial charge is 0.459 e. The third-order valence-electron chi connectivity index (χ3n) is 5.44. The summed E-state index contributed by atoms with van der Waals surface area (Å²) in [6.45, 7) is 5.71. The van der Waals surface area contributed by atoms with Crippen molar-refractivity contribution in [3.8, 4) is 0 Å². The van der Waals surface area contributed by atoms with Gasteiger partial charge >= 0.3 is 6.18 Å². The number of thiophene rings is 1. The van der Waals surface area contributed by atoms with E-state index >= 15 is 0 Å². The summed E-state index contributed by atoms with van der Waals surface area (Å²) in [6, 6.07) is 13.1. The minimum Gasteiger partial charge on any atom is -0.459 e. The number of rotatable bonds is 6. The van der Waals surface area contributed by atoms with Crippen molar-refractivity contribution in [1.29, 1.82) is 0 Å². The van der Waals surface area contributed by atoms with Gasteiger partial charge in [0.05, 0.1) is 17.9 Å². The minimum atomic E-state index is -4.43. The number of aromatic nitrogens is 1. The Morgan fingerprint density at radius 3 is 2.38 bits per heavy atom. The number of carbonyl (C=O) groups excluding carboxylic acids is 1. The zero-order chi connectivity index (χ0) is 24.5. The number of amides is 1. The first-order chi connectivity index (χ1) is 16.1. The number of benzene rings is 1. The van der Waals surface area contributed by atoms with Crippen molar-refractivity contribution in [3.05, 3.63) is 99.4 Å². The van der Waals surface area contributed by atoms with E-state index in [0.29, 0.717) is 16.4 Å². The molecular weight excluding hydrogens is 463 g/mol. The number of hydrogen-bond donors (Lipinski definition) is 2. The molecule has 1 unspecified atom stereocenters. The number of nitrogens with one attached hydrogen (secondary N) is 2. The number of alkyl halides is 3. The highest BCUT2D eigenvalue weighted by Gasteiger charge is 2.31.